The number of para-hydroxylation sites is 1. The molecule has 0 saturated heterocycles. The van der Waals surface area contributed by atoms with Gasteiger partial charge in [-0.3, -0.25) is 9.59 Å². The number of aryl methyl sites for hydroxylation is 1. The van der Waals surface area contributed by atoms with Crippen LogP contribution in [0.5, 0.6) is 11.5 Å². The van der Waals surface area contributed by atoms with E-state index < -0.39 is 0 Å². The lowest BCUT2D eigenvalue weighted by molar-refractivity contribution is -0.113. The quantitative estimate of drug-likeness (QED) is 0.455. The van der Waals surface area contributed by atoms with Crippen LogP contribution in [0.2, 0.25) is 0 Å². The van der Waals surface area contributed by atoms with Crippen molar-refractivity contribution in [3.05, 3.63) is 53.9 Å². The number of amides is 2. The molecule has 2 N–H and O–H groups in total. The molecule has 0 bridgehead atoms. The first-order valence-corrected chi connectivity index (χ1v) is 12.7. The first kappa shape index (κ1) is 23.2. The Kier molecular flexibility index (Phi) is 6.89. The molecule has 2 heterocycles. The van der Waals surface area contributed by atoms with Crippen LogP contribution < -0.4 is 20.1 Å². The zero-order valence-electron chi connectivity index (χ0n) is 19.5. The second-order valence-electron chi connectivity index (χ2n) is 8.60. The standard InChI is InChI=1S/C25H27N5O4S/c1-16-28-29-25(30(16)18-7-3-2-4-8-18)35-14-23(31)27-20-10-6-5-9-19(20)24(32)26-17-11-12-21-22(13-17)34-15-33-21/h5-6,9-13,18H,2-4,7-8,14-15H2,1H3,(H,26,32)(H,27,31). The molecule has 3 aromatic rings. The maximum absolute atomic E-state index is 13.0. The van der Waals surface area contributed by atoms with E-state index in [-0.39, 0.29) is 24.4 Å². The molecule has 35 heavy (non-hydrogen) atoms. The molecule has 2 aromatic carbocycles. The number of carbonyl (C=O) groups excluding carboxylic acids is 2. The molecule has 1 aliphatic carbocycles. The van der Waals surface area contributed by atoms with Gasteiger partial charge < -0.3 is 24.7 Å². The van der Waals surface area contributed by atoms with E-state index in [0.29, 0.717) is 34.5 Å². The number of anilines is 2. The fourth-order valence-electron chi connectivity index (χ4n) is 4.49. The summed E-state index contributed by atoms with van der Waals surface area (Å²) in [5, 5.41) is 15.0. The second-order valence-corrected chi connectivity index (χ2v) is 9.54. The van der Waals surface area contributed by atoms with Crippen molar-refractivity contribution in [1.82, 2.24) is 14.8 Å². The average molecular weight is 494 g/mol. The Morgan fingerprint density at radius 2 is 1.83 bits per heavy atom. The van der Waals surface area contributed by atoms with Gasteiger partial charge in [-0.05, 0) is 44.0 Å². The number of rotatable bonds is 7. The zero-order valence-corrected chi connectivity index (χ0v) is 20.3. The topological polar surface area (TPSA) is 107 Å². The van der Waals surface area contributed by atoms with Crippen molar-refractivity contribution in [2.24, 2.45) is 0 Å². The van der Waals surface area contributed by atoms with Gasteiger partial charge in [0.15, 0.2) is 16.7 Å². The van der Waals surface area contributed by atoms with E-state index in [1.165, 1.54) is 31.0 Å². The van der Waals surface area contributed by atoms with Gasteiger partial charge in [-0.25, -0.2) is 0 Å². The van der Waals surface area contributed by atoms with Gasteiger partial charge in [-0.1, -0.05) is 43.2 Å². The Hall–Kier alpha value is -3.53. The van der Waals surface area contributed by atoms with E-state index >= 15 is 0 Å². The number of hydrogen-bond donors (Lipinski definition) is 2. The molecule has 2 aliphatic rings. The molecule has 5 rings (SSSR count). The molecule has 0 spiro atoms. The molecular formula is C25H27N5O4S. The van der Waals surface area contributed by atoms with Gasteiger partial charge in [-0.2, -0.15) is 0 Å². The first-order chi connectivity index (χ1) is 17.1. The van der Waals surface area contributed by atoms with Crippen molar-refractivity contribution in [3.63, 3.8) is 0 Å². The van der Waals surface area contributed by atoms with E-state index in [9.17, 15) is 9.59 Å². The van der Waals surface area contributed by atoms with Gasteiger partial charge >= 0.3 is 0 Å². The smallest absolute Gasteiger partial charge is 0.257 e. The Morgan fingerprint density at radius 1 is 1.03 bits per heavy atom. The second kappa shape index (κ2) is 10.4. The van der Waals surface area contributed by atoms with Gasteiger partial charge in [0, 0.05) is 17.8 Å². The number of aromatic nitrogens is 3. The van der Waals surface area contributed by atoms with E-state index in [2.05, 4.69) is 25.4 Å². The molecule has 182 valence electrons. The lowest BCUT2D eigenvalue weighted by atomic mass is 9.95. The molecule has 1 aliphatic heterocycles. The maximum Gasteiger partial charge on any atom is 0.257 e. The minimum Gasteiger partial charge on any atom is -0.454 e. The largest absolute Gasteiger partial charge is 0.454 e. The molecular weight excluding hydrogens is 466 g/mol. The summed E-state index contributed by atoms with van der Waals surface area (Å²) >= 11 is 1.37. The maximum atomic E-state index is 13.0. The number of nitrogens with one attached hydrogen (secondary N) is 2. The number of nitrogens with zero attached hydrogens (tertiary/aromatic N) is 3. The third-order valence-corrected chi connectivity index (χ3v) is 7.13. The minimum absolute atomic E-state index is 0.163. The Labute approximate surface area is 207 Å². The van der Waals surface area contributed by atoms with Gasteiger partial charge in [-0.15, -0.1) is 10.2 Å². The monoisotopic (exact) mass is 493 g/mol. The highest BCUT2D eigenvalue weighted by Gasteiger charge is 2.22. The van der Waals surface area contributed by atoms with Crippen LogP contribution in [0, 0.1) is 6.92 Å². The average Bonchev–Trinajstić information content (AvgIpc) is 3.49. The zero-order chi connectivity index (χ0) is 24.2. The summed E-state index contributed by atoms with van der Waals surface area (Å²) < 4.78 is 12.9. The molecule has 10 heteroatoms. The van der Waals surface area contributed by atoms with Gasteiger partial charge in [0.1, 0.15) is 5.82 Å². The van der Waals surface area contributed by atoms with Crippen LogP contribution in [0.15, 0.2) is 47.6 Å². The molecule has 2 amide bonds. The summed E-state index contributed by atoms with van der Waals surface area (Å²) in [5.41, 5.74) is 1.39. The number of carbonyl (C=O) groups is 2. The van der Waals surface area contributed by atoms with Crippen LogP contribution in [0.1, 0.15) is 54.3 Å². The Bertz CT molecular complexity index is 1240. The van der Waals surface area contributed by atoms with Crippen LogP contribution in [-0.4, -0.2) is 39.1 Å². The van der Waals surface area contributed by atoms with E-state index in [1.807, 2.05) is 6.92 Å². The van der Waals surface area contributed by atoms with E-state index in [4.69, 9.17) is 9.47 Å². The molecule has 1 saturated carbocycles. The van der Waals surface area contributed by atoms with Crippen LogP contribution in [0.3, 0.4) is 0 Å². The number of benzene rings is 2. The fraction of sp³-hybridized carbons (Fsp3) is 0.360. The molecule has 1 aromatic heterocycles. The number of ether oxygens (including phenoxy) is 2. The predicted molar refractivity (Wildman–Crippen MR) is 133 cm³/mol. The summed E-state index contributed by atoms with van der Waals surface area (Å²) in [4.78, 5) is 25.7. The summed E-state index contributed by atoms with van der Waals surface area (Å²) in [5.74, 6) is 1.73. The van der Waals surface area contributed by atoms with Crippen LogP contribution in [-0.2, 0) is 4.79 Å². The van der Waals surface area contributed by atoms with Gasteiger partial charge in [0.05, 0.1) is 17.0 Å². The number of thioether (sulfide) groups is 1. The first-order valence-electron chi connectivity index (χ1n) is 11.7. The highest BCUT2D eigenvalue weighted by molar-refractivity contribution is 7.99. The summed E-state index contributed by atoms with van der Waals surface area (Å²) in [6, 6.07) is 12.5. The highest BCUT2D eigenvalue weighted by Crippen LogP contribution is 2.35. The van der Waals surface area contributed by atoms with Gasteiger partial charge in [0.25, 0.3) is 5.91 Å². The number of fused-ring (bicyclic) bond motifs is 1. The van der Waals surface area contributed by atoms with Crippen molar-refractivity contribution in [1.29, 1.82) is 0 Å². The SMILES string of the molecule is Cc1nnc(SCC(=O)Nc2ccccc2C(=O)Nc2ccc3c(c2)OCO3)n1C1CCCCC1. The van der Waals surface area contributed by atoms with Crippen molar-refractivity contribution in [3.8, 4) is 11.5 Å². The lowest BCUT2D eigenvalue weighted by Gasteiger charge is -2.24. The Morgan fingerprint density at radius 3 is 2.69 bits per heavy atom. The van der Waals surface area contributed by atoms with Crippen LogP contribution in [0.4, 0.5) is 11.4 Å². The third kappa shape index (κ3) is 5.27. The molecule has 1 fully saturated rings. The summed E-state index contributed by atoms with van der Waals surface area (Å²) in [6.45, 7) is 2.12. The molecule has 0 unspecified atom stereocenters. The Balaban J connectivity index is 1.23. The summed E-state index contributed by atoms with van der Waals surface area (Å²) in [6.07, 6.45) is 5.91. The normalized spacial score (nSPS) is 15.1. The van der Waals surface area contributed by atoms with E-state index in [1.54, 1.807) is 42.5 Å². The molecule has 0 radical (unpaired) electrons. The van der Waals surface area contributed by atoms with Crippen molar-refractivity contribution in [2.75, 3.05) is 23.2 Å². The third-order valence-electron chi connectivity index (χ3n) is 6.18. The molecule has 0 atom stereocenters. The predicted octanol–water partition coefficient (Wildman–Crippen LogP) is 4.80. The fourth-order valence-corrected chi connectivity index (χ4v) is 5.34. The van der Waals surface area contributed by atoms with Gasteiger partial charge in [0.2, 0.25) is 12.7 Å². The minimum atomic E-state index is -0.333. The van der Waals surface area contributed by atoms with Crippen LogP contribution >= 0.6 is 11.8 Å². The van der Waals surface area contributed by atoms with Crippen molar-refractivity contribution < 1.29 is 19.1 Å². The summed E-state index contributed by atoms with van der Waals surface area (Å²) in [7, 11) is 0. The number of hydrogen-bond acceptors (Lipinski definition) is 7. The molecule has 9 nitrogen and oxygen atoms in total. The highest BCUT2D eigenvalue weighted by atomic mass is 32.2. The van der Waals surface area contributed by atoms with Crippen molar-refractivity contribution >= 4 is 35.0 Å². The van der Waals surface area contributed by atoms with Crippen molar-refractivity contribution in [2.45, 2.75) is 50.2 Å². The van der Waals surface area contributed by atoms with Crippen LogP contribution in [0.25, 0.3) is 0 Å². The lowest BCUT2D eigenvalue weighted by Crippen LogP contribution is -2.20. The van der Waals surface area contributed by atoms with E-state index in [0.717, 1.165) is 23.8 Å².